The Morgan fingerprint density at radius 1 is 1.19 bits per heavy atom. The molecular formula is C17H15NO3. The quantitative estimate of drug-likeness (QED) is 0.790. The van der Waals surface area contributed by atoms with Crippen molar-refractivity contribution in [2.45, 2.75) is 6.92 Å². The zero-order valence-electron chi connectivity index (χ0n) is 11.9. The summed E-state index contributed by atoms with van der Waals surface area (Å²) in [7, 11) is 1.49. The number of hydrogen-bond donors (Lipinski definition) is 0. The minimum Gasteiger partial charge on any atom is -0.493 e. The number of ether oxygens (including phenoxy) is 2. The molecule has 21 heavy (non-hydrogen) atoms. The van der Waals surface area contributed by atoms with Gasteiger partial charge in [0.15, 0.2) is 23.9 Å². The van der Waals surface area contributed by atoms with Crippen molar-refractivity contribution < 1.29 is 14.3 Å². The van der Waals surface area contributed by atoms with E-state index in [1.165, 1.54) is 7.11 Å². The molecule has 0 aliphatic heterocycles. The largest absolute Gasteiger partial charge is 0.493 e. The number of rotatable bonds is 5. The van der Waals surface area contributed by atoms with Gasteiger partial charge < -0.3 is 9.47 Å². The van der Waals surface area contributed by atoms with E-state index in [9.17, 15) is 4.79 Å². The number of Topliss-reactive ketones (excluding diaryl/α,β-unsaturated/α-hetero) is 1. The van der Waals surface area contributed by atoms with Crippen LogP contribution in [-0.4, -0.2) is 19.5 Å². The summed E-state index contributed by atoms with van der Waals surface area (Å²) in [5, 5.41) is 8.85. The molecule has 4 nitrogen and oxygen atoms in total. The van der Waals surface area contributed by atoms with Crippen molar-refractivity contribution in [1.82, 2.24) is 0 Å². The fourth-order valence-electron chi connectivity index (χ4n) is 1.96. The first-order chi connectivity index (χ1) is 10.2. The monoisotopic (exact) mass is 281 g/mol. The SMILES string of the molecule is COc1cc(C#N)ccc1OCC(=O)c1ccccc1C. The molecule has 2 rings (SSSR count). The normalized spacial score (nSPS) is 9.76. The zero-order chi connectivity index (χ0) is 15.2. The third kappa shape index (κ3) is 3.40. The first-order valence-corrected chi connectivity index (χ1v) is 6.45. The highest BCUT2D eigenvalue weighted by Crippen LogP contribution is 2.28. The first kappa shape index (κ1) is 14.6. The smallest absolute Gasteiger partial charge is 0.200 e. The Morgan fingerprint density at radius 2 is 1.95 bits per heavy atom. The van der Waals surface area contributed by atoms with E-state index in [4.69, 9.17) is 14.7 Å². The Kier molecular flexibility index (Phi) is 4.57. The molecule has 4 heteroatoms. The molecule has 0 aromatic heterocycles. The number of aryl methyl sites for hydroxylation is 1. The molecule has 0 aliphatic carbocycles. The van der Waals surface area contributed by atoms with Crippen molar-refractivity contribution >= 4 is 5.78 Å². The van der Waals surface area contributed by atoms with Crippen LogP contribution in [0.4, 0.5) is 0 Å². The van der Waals surface area contributed by atoms with Gasteiger partial charge in [-0.25, -0.2) is 0 Å². The Morgan fingerprint density at radius 3 is 2.62 bits per heavy atom. The molecule has 0 atom stereocenters. The Balaban J connectivity index is 2.12. The maximum atomic E-state index is 12.1. The molecule has 0 bridgehead atoms. The van der Waals surface area contributed by atoms with Gasteiger partial charge >= 0.3 is 0 Å². The van der Waals surface area contributed by atoms with Crippen LogP contribution in [0.3, 0.4) is 0 Å². The van der Waals surface area contributed by atoms with Crippen LogP contribution in [0.25, 0.3) is 0 Å². The van der Waals surface area contributed by atoms with Crippen LogP contribution in [0.5, 0.6) is 11.5 Å². The second-order valence-electron chi connectivity index (χ2n) is 4.50. The van der Waals surface area contributed by atoms with E-state index in [1.54, 1.807) is 24.3 Å². The van der Waals surface area contributed by atoms with Gasteiger partial charge in [-0.3, -0.25) is 4.79 Å². The summed E-state index contributed by atoms with van der Waals surface area (Å²) in [5.74, 6) is 0.782. The van der Waals surface area contributed by atoms with Gasteiger partial charge in [0.25, 0.3) is 0 Å². The van der Waals surface area contributed by atoms with Gasteiger partial charge in [0, 0.05) is 11.6 Å². The predicted molar refractivity (Wildman–Crippen MR) is 78.7 cm³/mol. The predicted octanol–water partition coefficient (Wildman–Crippen LogP) is 3.14. The van der Waals surface area contributed by atoms with Crippen LogP contribution in [0.15, 0.2) is 42.5 Å². The van der Waals surface area contributed by atoms with Crippen molar-refractivity contribution in [3.8, 4) is 17.6 Å². The lowest BCUT2D eigenvalue weighted by molar-refractivity contribution is 0.0919. The lowest BCUT2D eigenvalue weighted by atomic mass is 10.1. The van der Waals surface area contributed by atoms with Crippen LogP contribution in [0.2, 0.25) is 0 Å². The third-order valence-electron chi connectivity index (χ3n) is 3.10. The number of carbonyl (C=O) groups excluding carboxylic acids is 1. The topological polar surface area (TPSA) is 59.3 Å². The van der Waals surface area contributed by atoms with E-state index in [0.717, 1.165) is 5.56 Å². The van der Waals surface area contributed by atoms with Crippen molar-refractivity contribution in [2.24, 2.45) is 0 Å². The highest BCUT2D eigenvalue weighted by Gasteiger charge is 2.11. The molecule has 0 radical (unpaired) electrons. The van der Waals surface area contributed by atoms with Crippen molar-refractivity contribution in [3.05, 3.63) is 59.2 Å². The van der Waals surface area contributed by atoms with E-state index in [1.807, 2.05) is 31.2 Å². The Bertz CT molecular complexity index is 701. The molecule has 0 spiro atoms. The molecule has 0 N–H and O–H groups in total. The average molecular weight is 281 g/mol. The minimum atomic E-state index is -0.0977. The number of carbonyl (C=O) groups is 1. The first-order valence-electron chi connectivity index (χ1n) is 6.45. The number of nitriles is 1. The van der Waals surface area contributed by atoms with Crippen LogP contribution in [-0.2, 0) is 0 Å². The van der Waals surface area contributed by atoms with Crippen molar-refractivity contribution in [2.75, 3.05) is 13.7 Å². The molecular weight excluding hydrogens is 266 g/mol. The Labute approximate surface area is 123 Å². The molecule has 0 aliphatic rings. The van der Waals surface area contributed by atoms with E-state index in [0.29, 0.717) is 22.6 Å². The van der Waals surface area contributed by atoms with E-state index in [-0.39, 0.29) is 12.4 Å². The van der Waals surface area contributed by atoms with Crippen LogP contribution < -0.4 is 9.47 Å². The molecule has 0 saturated heterocycles. The highest BCUT2D eigenvalue weighted by atomic mass is 16.5. The summed E-state index contributed by atoms with van der Waals surface area (Å²) in [4.78, 5) is 12.1. The third-order valence-corrected chi connectivity index (χ3v) is 3.10. The van der Waals surface area contributed by atoms with Crippen molar-refractivity contribution in [1.29, 1.82) is 5.26 Å². The summed E-state index contributed by atoms with van der Waals surface area (Å²) in [6.45, 7) is 1.81. The fraction of sp³-hybridized carbons (Fsp3) is 0.176. The van der Waals surface area contributed by atoms with Gasteiger partial charge in [-0.05, 0) is 24.6 Å². The van der Waals surface area contributed by atoms with Gasteiger partial charge in [0.05, 0.1) is 18.7 Å². The average Bonchev–Trinajstić information content (AvgIpc) is 2.52. The summed E-state index contributed by atoms with van der Waals surface area (Å²) < 4.78 is 10.7. The lowest BCUT2D eigenvalue weighted by Gasteiger charge is -2.11. The molecule has 106 valence electrons. The van der Waals surface area contributed by atoms with Crippen molar-refractivity contribution in [3.63, 3.8) is 0 Å². The molecule has 2 aromatic carbocycles. The van der Waals surface area contributed by atoms with Gasteiger partial charge in [-0.1, -0.05) is 24.3 Å². The molecule has 0 amide bonds. The summed E-state index contributed by atoms with van der Waals surface area (Å²) >= 11 is 0. The van der Waals surface area contributed by atoms with E-state index >= 15 is 0 Å². The Hall–Kier alpha value is -2.80. The number of methoxy groups -OCH3 is 1. The van der Waals surface area contributed by atoms with Gasteiger partial charge in [-0.15, -0.1) is 0 Å². The molecule has 0 fully saturated rings. The van der Waals surface area contributed by atoms with Crippen LogP contribution in [0, 0.1) is 18.3 Å². The molecule has 2 aromatic rings. The summed E-state index contributed by atoms with van der Waals surface area (Å²) in [5.41, 5.74) is 2.03. The fourth-order valence-corrected chi connectivity index (χ4v) is 1.96. The van der Waals surface area contributed by atoms with Gasteiger partial charge in [-0.2, -0.15) is 5.26 Å². The van der Waals surface area contributed by atoms with Crippen LogP contribution in [0.1, 0.15) is 21.5 Å². The molecule has 0 unspecified atom stereocenters. The maximum Gasteiger partial charge on any atom is 0.200 e. The number of ketones is 1. The number of benzene rings is 2. The summed E-state index contributed by atoms with van der Waals surface area (Å²) in [6.07, 6.45) is 0. The highest BCUT2D eigenvalue weighted by molar-refractivity contribution is 5.98. The number of hydrogen-bond acceptors (Lipinski definition) is 4. The minimum absolute atomic E-state index is 0.0763. The molecule has 0 saturated carbocycles. The van der Waals surface area contributed by atoms with Gasteiger partial charge in [0.1, 0.15) is 0 Å². The second-order valence-corrected chi connectivity index (χ2v) is 4.50. The van der Waals surface area contributed by atoms with E-state index < -0.39 is 0 Å². The lowest BCUT2D eigenvalue weighted by Crippen LogP contribution is -2.13. The molecule has 0 heterocycles. The maximum absolute atomic E-state index is 12.1. The summed E-state index contributed by atoms with van der Waals surface area (Å²) in [6, 6.07) is 14.2. The zero-order valence-corrected chi connectivity index (χ0v) is 11.9. The van der Waals surface area contributed by atoms with E-state index in [2.05, 4.69) is 0 Å². The van der Waals surface area contributed by atoms with Gasteiger partial charge in [0.2, 0.25) is 0 Å². The standard InChI is InChI=1S/C17H15NO3/c1-12-5-3-4-6-14(12)15(19)11-21-16-8-7-13(10-18)9-17(16)20-2/h3-9H,11H2,1-2H3. The number of nitrogens with zero attached hydrogens (tertiary/aromatic N) is 1. The van der Waals surface area contributed by atoms with Crippen LogP contribution >= 0.6 is 0 Å². The second kappa shape index (κ2) is 6.58.